The lowest BCUT2D eigenvalue weighted by Gasteiger charge is -2.30. The van der Waals surface area contributed by atoms with E-state index < -0.39 is 68.7 Å². The number of para-hydroxylation sites is 3. The Morgan fingerprint density at radius 1 is 0.860 bits per heavy atom. The Bertz CT molecular complexity index is 2140. The molecule has 1 saturated heterocycles. The van der Waals surface area contributed by atoms with E-state index in [1.165, 1.54) is 4.90 Å². The van der Waals surface area contributed by atoms with Crippen LogP contribution in [0, 0.1) is 5.92 Å². The number of benzene rings is 2. The van der Waals surface area contributed by atoms with E-state index in [1.807, 2.05) is 66.7 Å². The number of ether oxygens (including phenoxy) is 2. The molecule has 4 N–H and O–H groups in total. The molecule has 3 aliphatic carbocycles. The van der Waals surface area contributed by atoms with Gasteiger partial charge in [-0.15, -0.1) is 0 Å². The fraction of sp³-hybridized carbons (Fsp3) is 0.512. The second-order valence-electron chi connectivity index (χ2n) is 15.9. The highest BCUT2D eigenvalue weighted by Gasteiger charge is 2.62. The van der Waals surface area contributed by atoms with E-state index in [0.29, 0.717) is 49.0 Å². The lowest BCUT2D eigenvalue weighted by atomic mass is 10.0. The SMILES string of the molecule is O=C(N[C@H]1CCCCC/C=C\[C@@H]2C[C@@]2(C(=O)NS(=O)(=O)C2CC2)NC(=O)[C@@H]2C[C@@H](Oc3nc4ccccc4nc3Nc3ccccc3)CN2C1=O)OC1CCCC1. The van der Waals surface area contributed by atoms with Crippen molar-refractivity contribution >= 4 is 56.4 Å². The number of nitrogens with zero attached hydrogens (tertiary/aromatic N) is 3. The van der Waals surface area contributed by atoms with Crippen molar-refractivity contribution in [2.75, 3.05) is 11.9 Å². The number of carbonyl (C=O) groups excluding carboxylic acids is 4. The molecular weight excluding hydrogens is 751 g/mol. The fourth-order valence-corrected chi connectivity index (χ4v) is 9.51. The molecule has 2 aliphatic heterocycles. The summed E-state index contributed by atoms with van der Waals surface area (Å²) in [5, 5.41) is 8.37. The first kappa shape index (κ1) is 38.6. The average Bonchev–Trinajstić information content (AvgIpc) is 4.07. The van der Waals surface area contributed by atoms with Crippen molar-refractivity contribution in [1.82, 2.24) is 30.2 Å². The van der Waals surface area contributed by atoms with Gasteiger partial charge in [0.25, 0.3) is 11.8 Å². The number of nitrogens with one attached hydrogen (secondary N) is 4. The summed E-state index contributed by atoms with van der Waals surface area (Å²) in [6.45, 7) is -0.0371. The van der Waals surface area contributed by atoms with Crippen LogP contribution >= 0.6 is 0 Å². The molecule has 5 aliphatic rings. The minimum atomic E-state index is -3.90. The molecular formula is C41H49N7O8S. The van der Waals surface area contributed by atoms with Crippen molar-refractivity contribution < 1.29 is 37.1 Å². The standard InChI is InChI=1S/C41H49N7O8S/c49-36-34-23-29(55-37-35(42-27-14-6-4-7-15-27)43-31-18-11-12-19-32(31)44-37)25-48(34)38(50)33(45-40(52)56-28-16-9-10-17-28)20-8-3-1-2-5-13-26-24-41(26,46-36)39(51)47-57(53,54)30-21-22-30/h4-7,11-15,18-19,26,28-30,33-34H,1-3,8-10,16-17,20-25H2,(H,42,43)(H,45,52)(H,46,49)(H,47,51)/b13-5-/t26-,29-,33+,34+,41-/m1/s1. The molecule has 0 spiro atoms. The molecule has 4 amide bonds. The molecule has 3 saturated carbocycles. The zero-order valence-electron chi connectivity index (χ0n) is 31.7. The van der Waals surface area contributed by atoms with Crippen LogP contribution in [0.25, 0.3) is 11.0 Å². The molecule has 1 aromatic heterocycles. The summed E-state index contributed by atoms with van der Waals surface area (Å²) in [6, 6.07) is 14.6. The second kappa shape index (κ2) is 16.3. The minimum absolute atomic E-state index is 0.0225. The van der Waals surface area contributed by atoms with Crippen LogP contribution in [0.4, 0.5) is 16.3 Å². The summed E-state index contributed by atoms with van der Waals surface area (Å²) >= 11 is 0. The normalized spacial score (nSPS) is 27.5. The van der Waals surface area contributed by atoms with E-state index in [0.717, 1.165) is 44.2 Å². The first-order chi connectivity index (χ1) is 27.6. The Morgan fingerprint density at radius 2 is 1.58 bits per heavy atom. The molecule has 0 radical (unpaired) electrons. The number of anilines is 2. The van der Waals surface area contributed by atoms with Crippen LogP contribution in [-0.4, -0.2) is 88.7 Å². The van der Waals surface area contributed by atoms with Gasteiger partial charge in [-0.3, -0.25) is 19.1 Å². The summed E-state index contributed by atoms with van der Waals surface area (Å²) < 4.78 is 40.3. The molecule has 0 bridgehead atoms. The first-order valence-electron chi connectivity index (χ1n) is 20.2. The van der Waals surface area contributed by atoms with E-state index in [1.54, 1.807) is 0 Å². The maximum atomic E-state index is 14.6. The van der Waals surface area contributed by atoms with E-state index in [9.17, 15) is 27.6 Å². The third kappa shape index (κ3) is 8.85. The van der Waals surface area contributed by atoms with Gasteiger partial charge in [0.2, 0.25) is 21.8 Å². The summed E-state index contributed by atoms with van der Waals surface area (Å²) in [6.07, 6.45) is 10.1. The molecule has 5 atom stereocenters. The molecule has 57 heavy (non-hydrogen) atoms. The average molecular weight is 800 g/mol. The van der Waals surface area contributed by atoms with Gasteiger partial charge in [-0.05, 0) is 88.5 Å². The van der Waals surface area contributed by atoms with Crippen LogP contribution in [0.5, 0.6) is 5.88 Å². The minimum Gasteiger partial charge on any atom is -0.470 e. The highest BCUT2D eigenvalue weighted by atomic mass is 32.2. The second-order valence-corrected chi connectivity index (χ2v) is 17.8. The smallest absolute Gasteiger partial charge is 0.408 e. The Hall–Kier alpha value is -5.25. The number of aromatic nitrogens is 2. The maximum Gasteiger partial charge on any atom is 0.408 e. The van der Waals surface area contributed by atoms with E-state index in [2.05, 4.69) is 20.7 Å². The van der Waals surface area contributed by atoms with Crippen molar-refractivity contribution in [3.63, 3.8) is 0 Å². The summed E-state index contributed by atoms with van der Waals surface area (Å²) in [5.41, 5.74) is 0.456. The zero-order chi connectivity index (χ0) is 39.6. The molecule has 3 heterocycles. The number of sulfonamides is 1. The van der Waals surface area contributed by atoms with Crippen molar-refractivity contribution in [1.29, 1.82) is 0 Å². The summed E-state index contributed by atoms with van der Waals surface area (Å²) in [7, 11) is -3.90. The summed E-state index contributed by atoms with van der Waals surface area (Å²) in [4.78, 5) is 67.1. The van der Waals surface area contributed by atoms with Crippen LogP contribution in [0.3, 0.4) is 0 Å². The quantitative estimate of drug-likeness (QED) is 0.218. The van der Waals surface area contributed by atoms with E-state index in [-0.39, 0.29) is 31.4 Å². The molecule has 2 aromatic carbocycles. The fourth-order valence-electron chi connectivity index (χ4n) is 8.14. The molecule has 4 fully saturated rings. The molecule has 3 aromatic rings. The molecule has 302 valence electrons. The van der Waals surface area contributed by atoms with Crippen molar-refractivity contribution in [3.8, 4) is 5.88 Å². The Labute approximate surface area is 331 Å². The zero-order valence-corrected chi connectivity index (χ0v) is 32.5. The Morgan fingerprint density at radius 3 is 2.33 bits per heavy atom. The van der Waals surface area contributed by atoms with E-state index in [4.69, 9.17) is 19.4 Å². The highest BCUT2D eigenvalue weighted by Crippen LogP contribution is 2.46. The molecule has 15 nitrogen and oxygen atoms in total. The third-order valence-electron chi connectivity index (χ3n) is 11.6. The number of hydrogen-bond donors (Lipinski definition) is 4. The van der Waals surface area contributed by atoms with Gasteiger partial charge in [0, 0.05) is 18.0 Å². The van der Waals surface area contributed by atoms with Crippen LogP contribution < -0.4 is 25.4 Å². The van der Waals surface area contributed by atoms with Gasteiger partial charge in [-0.25, -0.2) is 23.2 Å². The number of carbonyl (C=O) groups is 4. The Balaban J connectivity index is 1.10. The van der Waals surface area contributed by atoms with Crippen molar-refractivity contribution in [2.24, 2.45) is 5.92 Å². The van der Waals surface area contributed by atoms with Gasteiger partial charge in [-0.2, -0.15) is 0 Å². The van der Waals surface area contributed by atoms with Crippen LogP contribution in [0.1, 0.15) is 83.5 Å². The lowest BCUT2D eigenvalue weighted by Crippen LogP contribution is -2.58. The number of alkyl carbamates (subject to hydrolysis) is 1. The highest BCUT2D eigenvalue weighted by molar-refractivity contribution is 7.91. The number of rotatable bonds is 9. The monoisotopic (exact) mass is 799 g/mol. The van der Waals surface area contributed by atoms with Crippen LogP contribution in [0.15, 0.2) is 66.7 Å². The number of amides is 4. The number of hydrogen-bond acceptors (Lipinski definition) is 11. The molecule has 0 unspecified atom stereocenters. The Kier molecular flexibility index (Phi) is 11.1. The molecule has 8 rings (SSSR count). The van der Waals surface area contributed by atoms with Gasteiger partial charge in [-0.1, -0.05) is 55.3 Å². The van der Waals surface area contributed by atoms with Gasteiger partial charge in [0.1, 0.15) is 29.8 Å². The number of allylic oxidation sites excluding steroid dienone is 1. The lowest BCUT2D eigenvalue weighted by molar-refractivity contribution is -0.141. The predicted octanol–water partition coefficient (Wildman–Crippen LogP) is 4.76. The van der Waals surface area contributed by atoms with Crippen molar-refractivity contribution in [3.05, 3.63) is 66.7 Å². The van der Waals surface area contributed by atoms with Crippen LogP contribution in [0.2, 0.25) is 0 Å². The van der Waals surface area contributed by atoms with Gasteiger partial charge in [0.05, 0.1) is 22.8 Å². The van der Waals surface area contributed by atoms with Crippen LogP contribution in [-0.2, 0) is 29.1 Å². The van der Waals surface area contributed by atoms with Gasteiger partial charge < -0.3 is 30.3 Å². The predicted molar refractivity (Wildman–Crippen MR) is 211 cm³/mol. The topological polar surface area (TPSA) is 198 Å². The van der Waals surface area contributed by atoms with E-state index >= 15 is 0 Å². The maximum absolute atomic E-state index is 14.6. The number of fused-ring (bicyclic) bond motifs is 3. The van der Waals surface area contributed by atoms with Crippen molar-refractivity contribution in [2.45, 2.75) is 119 Å². The van der Waals surface area contributed by atoms with Gasteiger partial charge >= 0.3 is 6.09 Å². The summed E-state index contributed by atoms with van der Waals surface area (Å²) in [5.74, 6) is -1.82. The first-order valence-corrected chi connectivity index (χ1v) is 21.7. The largest absolute Gasteiger partial charge is 0.470 e. The molecule has 16 heteroatoms. The third-order valence-corrected chi connectivity index (χ3v) is 13.4. The van der Waals surface area contributed by atoms with Gasteiger partial charge in [0.15, 0.2) is 5.82 Å².